The predicted molar refractivity (Wildman–Crippen MR) is 148 cm³/mol. The summed E-state index contributed by atoms with van der Waals surface area (Å²) in [6.45, 7) is 1.45. The van der Waals surface area contributed by atoms with Crippen molar-refractivity contribution in [2.45, 2.75) is 11.8 Å². The maximum Gasteiger partial charge on any atom is 0.264 e. The van der Waals surface area contributed by atoms with Crippen LogP contribution in [0.15, 0.2) is 94.2 Å². The lowest BCUT2D eigenvalue weighted by molar-refractivity contribution is -0.114. The van der Waals surface area contributed by atoms with Crippen LogP contribution in [-0.4, -0.2) is 35.1 Å². The van der Waals surface area contributed by atoms with Crippen molar-refractivity contribution in [3.05, 3.63) is 90.5 Å². The molecule has 0 atom stereocenters. The van der Waals surface area contributed by atoms with Gasteiger partial charge in [0.05, 0.1) is 24.8 Å². The number of ether oxygens (including phenoxy) is 2. The average molecular weight is 531 g/mol. The van der Waals surface area contributed by atoms with E-state index >= 15 is 0 Å². The van der Waals surface area contributed by atoms with E-state index < -0.39 is 22.5 Å². The molecule has 1 heterocycles. The van der Waals surface area contributed by atoms with E-state index in [4.69, 9.17) is 13.9 Å². The van der Waals surface area contributed by atoms with Gasteiger partial charge in [0.15, 0.2) is 11.5 Å². The summed E-state index contributed by atoms with van der Waals surface area (Å²) in [6, 6.07) is 24.3. The van der Waals surface area contributed by atoms with Crippen LogP contribution in [0, 0.1) is 6.92 Å². The standard InChI is InChI=1S/C29H26N2O6S/c1-19-8-11-21(12-9-19)31(38(33,34)22-13-15-26(35-2)28(17-22)36-3)18-29(32)30-20-10-14-24-23-6-4-5-7-25(23)37-27(24)16-20/h4-17H,18H2,1-3H3,(H,30,32). The van der Waals surface area contributed by atoms with Crippen LogP contribution < -0.4 is 19.1 Å². The van der Waals surface area contributed by atoms with Gasteiger partial charge in [-0.15, -0.1) is 0 Å². The van der Waals surface area contributed by atoms with Crippen molar-refractivity contribution in [1.29, 1.82) is 0 Å². The van der Waals surface area contributed by atoms with Gasteiger partial charge in [-0.1, -0.05) is 35.9 Å². The first-order chi connectivity index (χ1) is 18.3. The predicted octanol–water partition coefficient (Wildman–Crippen LogP) is 5.75. The Labute approximate surface area is 220 Å². The average Bonchev–Trinajstić information content (AvgIpc) is 3.29. The summed E-state index contributed by atoms with van der Waals surface area (Å²) >= 11 is 0. The van der Waals surface area contributed by atoms with Gasteiger partial charge in [0.2, 0.25) is 5.91 Å². The molecule has 38 heavy (non-hydrogen) atoms. The van der Waals surface area contributed by atoms with Gasteiger partial charge in [0.1, 0.15) is 17.7 Å². The van der Waals surface area contributed by atoms with Crippen LogP contribution in [0.5, 0.6) is 11.5 Å². The number of hydrogen-bond acceptors (Lipinski definition) is 6. The smallest absolute Gasteiger partial charge is 0.264 e. The maximum absolute atomic E-state index is 13.8. The molecule has 0 saturated heterocycles. The molecule has 1 N–H and O–H groups in total. The Hall–Kier alpha value is -4.50. The Kier molecular flexibility index (Phi) is 6.69. The molecule has 0 spiro atoms. The van der Waals surface area contributed by atoms with Crippen molar-refractivity contribution < 1.29 is 27.1 Å². The van der Waals surface area contributed by atoms with Crippen molar-refractivity contribution in [3.63, 3.8) is 0 Å². The number of para-hydroxylation sites is 1. The first-order valence-corrected chi connectivity index (χ1v) is 13.3. The number of carbonyl (C=O) groups is 1. The van der Waals surface area contributed by atoms with Crippen molar-refractivity contribution in [3.8, 4) is 11.5 Å². The third-order valence-electron chi connectivity index (χ3n) is 6.21. The molecule has 0 aliphatic carbocycles. The molecule has 0 bridgehead atoms. The van der Waals surface area contributed by atoms with Crippen molar-refractivity contribution in [1.82, 2.24) is 0 Å². The number of nitrogens with zero attached hydrogens (tertiary/aromatic N) is 1. The summed E-state index contributed by atoms with van der Waals surface area (Å²) in [7, 11) is -1.25. The Balaban J connectivity index is 1.46. The van der Waals surface area contributed by atoms with Crippen molar-refractivity contribution in [2.24, 2.45) is 0 Å². The summed E-state index contributed by atoms with van der Waals surface area (Å²) in [5.74, 6) is 0.151. The molecule has 0 fully saturated rings. The maximum atomic E-state index is 13.8. The molecule has 9 heteroatoms. The molecule has 1 aromatic heterocycles. The molecule has 194 valence electrons. The van der Waals surface area contributed by atoms with Crippen LogP contribution in [-0.2, 0) is 14.8 Å². The van der Waals surface area contributed by atoms with Crippen LogP contribution >= 0.6 is 0 Å². The lowest BCUT2D eigenvalue weighted by Crippen LogP contribution is -2.38. The lowest BCUT2D eigenvalue weighted by atomic mass is 10.1. The highest BCUT2D eigenvalue weighted by Gasteiger charge is 2.28. The molecular weight excluding hydrogens is 504 g/mol. The molecule has 1 amide bonds. The number of sulfonamides is 1. The molecule has 0 unspecified atom stereocenters. The largest absolute Gasteiger partial charge is 0.493 e. The molecule has 5 rings (SSSR count). The zero-order valence-electron chi connectivity index (χ0n) is 21.1. The fraction of sp³-hybridized carbons (Fsp3) is 0.138. The van der Waals surface area contributed by atoms with Gasteiger partial charge in [-0.25, -0.2) is 8.42 Å². The second kappa shape index (κ2) is 10.1. The number of fused-ring (bicyclic) bond motifs is 3. The van der Waals surface area contributed by atoms with Crippen LogP contribution in [0.3, 0.4) is 0 Å². The van der Waals surface area contributed by atoms with Crippen molar-refractivity contribution in [2.75, 3.05) is 30.4 Å². The van der Waals surface area contributed by atoms with Crippen LogP contribution in [0.1, 0.15) is 5.56 Å². The Morgan fingerprint density at radius 1 is 0.842 bits per heavy atom. The molecule has 5 aromatic rings. The first kappa shape index (κ1) is 25.2. The number of methoxy groups -OCH3 is 2. The van der Waals surface area contributed by atoms with Gasteiger partial charge in [-0.05, 0) is 49.4 Å². The molecule has 0 aliphatic heterocycles. The Bertz CT molecular complexity index is 1740. The van der Waals surface area contributed by atoms with Crippen LogP contribution in [0.2, 0.25) is 0 Å². The second-order valence-corrected chi connectivity index (χ2v) is 10.6. The summed E-state index contributed by atoms with van der Waals surface area (Å²) in [4.78, 5) is 13.1. The van der Waals surface area contributed by atoms with Crippen LogP contribution in [0.25, 0.3) is 21.9 Å². The minimum atomic E-state index is -4.15. The highest BCUT2D eigenvalue weighted by atomic mass is 32.2. The Morgan fingerprint density at radius 3 is 2.29 bits per heavy atom. The number of hydrogen-bond donors (Lipinski definition) is 1. The summed E-state index contributed by atoms with van der Waals surface area (Å²) in [6.07, 6.45) is 0. The molecule has 8 nitrogen and oxygen atoms in total. The third-order valence-corrected chi connectivity index (χ3v) is 7.98. The summed E-state index contributed by atoms with van der Waals surface area (Å²) in [5.41, 5.74) is 3.18. The molecular formula is C29H26N2O6S. The zero-order valence-corrected chi connectivity index (χ0v) is 21.9. The van der Waals surface area contributed by atoms with Crippen LogP contribution in [0.4, 0.5) is 11.4 Å². The highest BCUT2D eigenvalue weighted by Crippen LogP contribution is 2.33. The highest BCUT2D eigenvalue weighted by molar-refractivity contribution is 7.92. The number of furan rings is 1. The number of carbonyl (C=O) groups excluding carboxylic acids is 1. The minimum Gasteiger partial charge on any atom is -0.493 e. The van der Waals surface area contributed by atoms with Gasteiger partial charge in [0.25, 0.3) is 10.0 Å². The minimum absolute atomic E-state index is 0.0350. The third kappa shape index (κ3) is 4.76. The monoisotopic (exact) mass is 530 g/mol. The fourth-order valence-corrected chi connectivity index (χ4v) is 5.70. The van der Waals surface area contributed by atoms with Gasteiger partial charge < -0.3 is 19.2 Å². The van der Waals surface area contributed by atoms with E-state index in [1.165, 1.54) is 32.4 Å². The van der Waals surface area contributed by atoms with Gasteiger partial charge in [0, 0.05) is 28.6 Å². The van der Waals surface area contributed by atoms with E-state index in [0.29, 0.717) is 22.7 Å². The molecule has 4 aromatic carbocycles. The summed E-state index contributed by atoms with van der Waals surface area (Å²) < 4.78 is 45.1. The molecule has 0 radical (unpaired) electrons. The summed E-state index contributed by atoms with van der Waals surface area (Å²) in [5, 5.41) is 4.71. The normalized spacial score (nSPS) is 11.4. The molecule has 0 saturated carbocycles. The van der Waals surface area contributed by atoms with Gasteiger partial charge in [-0.2, -0.15) is 0 Å². The SMILES string of the molecule is COc1ccc(S(=O)(=O)N(CC(=O)Nc2ccc3c(c2)oc2ccccc23)c2ccc(C)cc2)cc1OC. The van der Waals surface area contributed by atoms with E-state index in [9.17, 15) is 13.2 Å². The number of aryl methyl sites for hydroxylation is 1. The van der Waals surface area contributed by atoms with Crippen molar-refractivity contribution >= 4 is 49.2 Å². The fourth-order valence-electron chi connectivity index (χ4n) is 4.26. The van der Waals surface area contributed by atoms with Gasteiger partial charge in [-0.3, -0.25) is 9.10 Å². The number of anilines is 2. The topological polar surface area (TPSA) is 98.1 Å². The number of amides is 1. The molecule has 0 aliphatic rings. The van der Waals surface area contributed by atoms with E-state index in [1.807, 2.05) is 37.3 Å². The number of benzene rings is 4. The first-order valence-electron chi connectivity index (χ1n) is 11.8. The second-order valence-electron chi connectivity index (χ2n) is 8.72. The van der Waals surface area contributed by atoms with E-state index in [0.717, 1.165) is 26.2 Å². The van der Waals surface area contributed by atoms with E-state index in [1.54, 1.807) is 36.4 Å². The van der Waals surface area contributed by atoms with Gasteiger partial charge >= 0.3 is 0 Å². The Morgan fingerprint density at radius 2 is 1.55 bits per heavy atom. The van der Waals surface area contributed by atoms with E-state index in [2.05, 4.69) is 5.32 Å². The number of nitrogens with one attached hydrogen (secondary N) is 1. The lowest BCUT2D eigenvalue weighted by Gasteiger charge is -2.24. The quantitative estimate of drug-likeness (QED) is 0.275. The number of rotatable bonds is 8. The van der Waals surface area contributed by atoms with E-state index in [-0.39, 0.29) is 10.6 Å². The zero-order chi connectivity index (χ0) is 26.9.